The average molecular weight is 401 g/mol. The predicted octanol–water partition coefficient (Wildman–Crippen LogP) is 5.31. The Hall–Kier alpha value is -3.40. The molecule has 0 aliphatic rings. The second-order valence-electron chi connectivity index (χ2n) is 7.36. The average Bonchev–Trinajstić information content (AvgIpc) is 2.79. The zero-order valence-corrected chi connectivity index (χ0v) is 17.5. The van der Waals surface area contributed by atoms with E-state index in [4.69, 9.17) is 0 Å². The molecule has 1 atom stereocenters. The number of rotatable bonds is 8. The molecule has 154 valence electrons. The Labute approximate surface area is 178 Å². The smallest absolute Gasteiger partial charge is 0.252 e. The highest BCUT2D eigenvalue weighted by atomic mass is 16.2. The van der Waals surface area contributed by atoms with Crippen LogP contribution in [0.25, 0.3) is 0 Å². The monoisotopic (exact) mass is 400 g/mol. The van der Waals surface area contributed by atoms with E-state index in [1.165, 1.54) is 5.56 Å². The van der Waals surface area contributed by atoms with Gasteiger partial charge in [0.05, 0.1) is 6.04 Å². The van der Waals surface area contributed by atoms with Gasteiger partial charge in [0.1, 0.15) is 0 Å². The van der Waals surface area contributed by atoms with E-state index in [-0.39, 0.29) is 17.9 Å². The number of carbonyl (C=O) groups excluding carboxylic acids is 2. The molecule has 3 aromatic rings. The molecular formula is C26H28N2O2. The van der Waals surface area contributed by atoms with Crippen LogP contribution in [0, 0.1) is 0 Å². The molecule has 0 radical (unpaired) electrons. The van der Waals surface area contributed by atoms with Crippen LogP contribution in [0.4, 0.5) is 5.69 Å². The van der Waals surface area contributed by atoms with Crippen molar-refractivity contribution in [3.8, 4) is 0 Å². The van der Waals surface area contributed by atoms with E-state index in [1.807, 2.05) is 80.6 Å². The van der Waals surface area contributed by atoms with Gasteiger partial charge >= 0.3 is 0 Å². The number of amides is 2. The van der Waals surface area contributed by atoms with Crippen molar-refractivity contribution < 1.29 is 9.59 Å². The van der Waals surface area contributed by atoms with Crippen LogP contribution >= 0.6 is 0 Å². The van der Waals surface area contributed by atoms with Gasteiger partial charge in [-0.1, -0.05) is 67.6 Å². The molecular weight excluding hydrogens is 372 g/mol. The summed E-state index contributed by atoms with van der Waals surface area (Å²) in [5, 5.41) is 5.93. The molecule has 0 saturated carbocycles. The molecule has 4 heteroatoms. The molecule has 0 aromatic heterocycles. The Morgan fingerprint density at radius 1 is 0.833 bits per heavy atom. The van der Waals surface area contributed by atoms with Crippen LogP contribution < -0.4 is 10.6 Å². The third-order valence-corrected chi connectivity index (χ3v) is 5.15. The summed E-state index contributed by atoms with van der Waals surface area (Å²) in [6.07, 6.45) is 2.15. The first-order valence-corrected chi connectivity index (χ1v) is 10.4. The lowest BCUT2D eigenvalue weighted by Crippen LogP contribution is -2.27. The van der Waals surface area contributed by atoms with Crippen LogP contribution in [0.5, 0.6) is 0 Å². The Morgan fingerprint density at radius 3 is 2.20 bits per heavy atom. The number of hydrogen-bond acceptors (Lipinski definition) is 2. The summed E-state index contributed by atoms with van der Waals surface area (Å²) >= 11 is 0. The van der Waals surface area contributed by atoms with Crippen LogP contribution in [-0.2, 0) is 17.6 Å². The van der Waals surface area contributed by atoms with Gasteiger partial charge in [-0.15, -0.1) is 0 Å². The van der Waals surface area contributed by atoms with Gasteiger partial charge in [-0.05, 0) is 54.7 Å². The highest BCUT2D eigenvalue weighted by Gasteiger charge is 2.15. The molecule has 0 aliphatic carbocycles. The molecule has 2 amide bonds. The first-order chi connectivity index (χ1) is 14.6. The van der Waals surface area contributed by atoms with Crippen LogP contribution in [0.3, 0.4) is 0 Å². The first kappa shape index (κ1) is 21.3. The molecule has 0 bridgehead atoms. The number of carbonyl (C=O) groups is 2. The SMILES string of the molecule is CCC(=O)Nc1ccc(C(C)NC(=O)c2ccccc2CCc2ccccc2)cc1. The molecule has 0 fully saturated rings. The molecule has 1 unspecified atom stereocenters. The van der Waals surface area contributed by atoms with E-state index >= 15 is 0 Å². The third kappa shape index (κ3) is 5.80. The van der Waals surface area contributed by atoms with Crippen molar-refractivity contribution in [3.63, 3.8) is 0 Å². The minimum absolute atomic E-state index is 0.0174. The summed E-state index contributed by atoms with van der Waals surface area (Å²) in [4.78, 5) is 24.5. The molecule has 3 rings (SSSR count). The molecule has 0 saturated heterocycles. The van der Waals surface area contributed by atoms with Crippen LogP contribution in [-0.4, -0.2) is 11.8 Å². The van der Waals surface area contributed by atoms with Gasteiger partial charge in [0, 0.05) is 17.7 Å². The minimum Gasteiger partial charge on any atom is -0.346 e. The predicted molar refractivity (Wildman–Crippen MR) is 122 cm³/mol. The number of anilines is 1. The minimum atomic E-state index is -0.143. The van der Waals surface area contributed by atoms with Crippen LogP contribution in [0.2, 0.25) is 0 Å². The summed E-state index contributed by atoms with van der Waals surface area (Å²) in [6, 6.07) is 25.5. The zero-order valence-electron chi connectivity index (χ0n) is 17.5. The zero-order chi connectivity index (χ0) is 21.3. The van der Waals surface area contributed by atoms with E-state index in [0.29, 0.717) is 12.0 Å². The van der Waals surface area contributed by atoms with Crippen molar-refractivity contribution in [1.82, 2.24) is 5.32 Å². The fourth-order valence-corrected chi connectivity index (χ4v) is 3.35. The standard InChI is InChI=1S/C26H28N2O2/c1-3-25(29)28-23-17-15-21(16-18-23)19(2)27-26(30)24-12-8-7-11-22(24)14-13-20-9-5-4-6-10-20/h4-12,15-19H,3,13-14H2,1-2H3,(H,27,30)(H,28,29). The summed E-state index contributed by atoms with van der Waals surface area (Å²) < 4.78 is 0. The van der Waals surface area contributed by atoms with Crippen molar-refractivity contribution >= 4 is 17.5 Å². The number of nitrogens with one attached hydrogen (secondary N) is 2. The lowest BCUT2D eigenvalue weighted by atomic mass is 9.99. The largest absolute Gasteiger partial charge is 0.346 e. The third-order valence-electron chi connectivity index (χ3n) is 5.15. The van der Waals surface area contributed by atoms with Gasteiger partial charge in [-0.25, -0.2) is 0 Å². The molecule has 3 aromatic carbocycles. The van der Waals surface area contributed by atoms with Crippen molar-refractivity contribution in [2.24, 2.45) is 0 Å². The van der Waals surface area contributed by atoms with Gasteiger partial charge in [-0.3, -0.25) is 9.59 Å². The lowest BCUT2D eigenvalue weighted by Gasteiger charge is -2.17. The summed E-state index contributed by atoms with van der Waals surface area (Å²) in [5.41, 5.74) is 4.77. The maximum absolute atomic E-state index is 12.9. The van der Waals surface area contributed by atoms with Crippen molar-refractivity contribution in [2.45, 2.75) is 39.2 Å². The van der Waals surface area contributed by atoms with E-state index in [1.54, 1.807) is 0 Å². The van der Waals surface area contributed by atoms with E-state index in [0.717, 1.165) is 29.7 Å². The van der Waals surface area contributed by atoms with E-state index in [9.17, 15) is 9.59 Å². The van der Waals surface area contributed by atoms with E-state index < -0.39 is 0 Å². The van der Waals surface area contributed by atoms with Gasteiger partial charge < -0.3 is 10.6 Å². The topological polar surface area (TPSA) is 58.2 Å². The lowest BCUT2D eigenvalue weighted by molar-refractivity contribution is -0.115. The van der Waals surface area contributed by atoms with E-state index in [2.05, 4.69) is 22.8 Å². The summed E-state index contributed by atoms with van der Waals surface area (Å²) in [6.45, 7) is 3.78. The normalized spacial score (nSPS) is 11.5. The summed E-state index contributed by atoms with van der Waals surface area (Å²) in [5.74, 6) is -0.0919. The van der Waals surface area contributed by atoms with Gasteiger partial charge in [0.25, 0.3) is 5.91 Å². The van der Waals surface area contributed by atoms with Crippen LogP contribution in [0.15, 0.2) is 78.9 Å². The van der Waals surface area contributed by atoms with Crippen molar-refractivity contribution in [1.29, 1.82) is 0 Å². The Morgan fingerprint density at radius 2 is 1.50 bits per heavy atom. The highest BCUT2D eigenvalue weighted by molar-refractivity contribution is 5.96. The maximum atomic E-state index is 12.9. The summed E-state index contributed by atoms with van der Waals surface area (Å²) in [7, 11) is 0. The fourth-order valence-electron chi connectivity index (χ4n) is 3.35. The number of aryl methyl sites for hydroxylation is 2. The molecule has 0 aliphatic heterocycles. The first-order valence-electron chi connectivity index (χ1n) is 10.4. The Kier molecular flexibility index (Phi) is 7.39. The van der Waals surface area contributed by atoms with Crippen molar-refractivity contribution in [2.75, 3.05) is 5.32 Å². The van der Waals surface area contributed by atoms with Crippen LogP contribution in [0.1, 0.15) is 53.4 Å². The van der Waals surface area contributed by atoms with Gasteiger partial charge in [0.2, 0.25) is 5.91 Å². The van der Waals surface area contributed by atoms with Gasteiger partial charge in [0.15, 0.2) is 0 Å². The van der Waals surface area contributed by atoms with Gasteiger partial charge in [-0.2, -0.15) is 0 Å². The number of benzene rings is 3. The fraction of sp³-hybridized carbons (Fsp3) is 0.231. The van der Waals surface area contributed by atoms with Crippen molar-refractivity contribution in [3.05, 3.63) is 101 Å². The molecule has 4 nitrogen and oxygen atoms in total. The molecule has 0 heterocycles. The quantitative estimate of drug-likeness (QED) is 0.538. The molecule has 2 N–H and O–H groups in total. The Balaban J connectivity index is 1.64. The second-order valence-corrected chi connectivity index (χ2v) is 7.36. The maximum Gasteiger partial charge on any atom is 0.252 e. The molecule has 30 heavy (non-hydrogen) atoms. The second kappa shape index (κ2) is 10.4. The Bertz CT molecular complexity index is 981. The highest BCUT2D eigenvalue weighted by Crippen LogP contribution is 2.18. The number of hydrogen-bond donors (Lipinski definition) is 2. The molecule has 0 spiro atoms.